The first-order valence-electron chi connectivity index (χ1n) is 8.48. The highest BCUT2D eigenvalue weighted by molar-refractivity contribution is 5.68. The van der Waals surface area contributed by atoms with Gasteiger partial charge in [-0.3, -0.25) is 5.10 Å². The molecule has 2 rings (SSSR count). The van der Waals surface area contributed by atoms with Gasteiger partial charge in [-0.2, -0.15) is 5.10 Å². The van der Waals surface area contributed by atoms with E-state index < -0.39 is 5.60 Å². The summed E-state index contributed by atoms with van der Waals surface area (Å²) in [5.41, 5.74) is 2.99. The number of aryl methyl sites for hydroxylation is 2. The molecule has 1 saturated heterocycles. The van der Waals surface area contributed by atoms with Gasteiger partial charge in [-0.25, -0.2) is 4.79 Å². The van der Waals surface area contributed by atoms with E-state index in [0.29, 0.717) is 6.04 Å². The monoisotopic (exact) mass is 322 g/mol. The molecule has 0 aromatic carbocycles. The summed E-state index contributed by atoms with van der Waals surface area (Å²) in [6, 6.07) is 0.427. The van der Waals surface area contributed by atoms with Crippen molar-refractivity contribution in [1.29, 1.82) is 0 Å². The molecule has 6 nitrogen and oxygen atoms in total. The number of carbonyl (C=O) groups is 1. The number of aromatic nitrogens is 2. The highest BCUT2D eigenvalue weighted by atomic mass is 16.6. The maximum absolute atomic E-state index is 12.2. The zero-order valence-electron chi connectivity index (χ0n) is 15.0. The molecule has 0 spiro atoms. The summed E-state index contributed by atoms with van der Waals surface area (Å²) in [5, 5.41) is 10.9. The van der Waals surface area contributed by atoms with Crippen molar-refractivity contribution in [2.24, 2.45) is 0 Å². The molecule has 1 aliphatic heterocycles. The van der Waals surface area contributed by atoms with Crippen molar-refractivity contribution in [3.8, 4) is 0 Å². The standard InChI is InChI=1S/C17H30N4O2/c1-12-15(13(2)20-19-12)11-18-14-7-6-9-21(10-8-14)16(22)23-17(3,4)5/h14,18H,6-11H2,1-5H3,(H,19,20)/t14-/m1/s1. The minimum Gasteiger partial charge on any atom is -0.444 e. The molecule has 2 N–H and O–H groups in total. The summed E-state index contributed by atoms with van der Waals surface area (Å²) < 4.78 is 5.47. The first kappa shape index (κ1) is 17.8. The molecule has 0 bridgehead atoms. The van der Waals surface area contributed by atoms with Crippen molar-refractivity contribution < 1.29 is 9.53 Å². The van der Waals surface area contributed by atoms with Gasteiger partial charge in [0.15, 0.2) is 0 Å². The zero-order valence-corrected chi connectivity index (χ0v) is 15.0. The number of carbonyl (C=O) groups excluding carboxylic acids is 1. The fraction of sp³-hybridized carbons (Fsp3) is 0.765. The van der Waals surface area contributed by atoms with Gasteiger partial charge in [0.25, 0.3) is 0 Å². The quantitative estimate of drug-likeness (QED) is 0.897. The Morgan fingerprint density at radius 3 is 2.70 bits per heavy atom. The Morgan fingerprint density at radius 1 is 1.35 bits per heavy atom. The lowest BCUT2D eigenvalue weighted by molar-refractivity contribution is 0.0256. The molecule has 0 aliphatic carbocycles. The lowest BCUT2D eigenvalue weighted by Crippen LogP contribution is -2.38. The largest absolute Gasteiger partial charge is 0.444 e. The molecule has 2 heterocycles. The molecule has 0 saturated carbocycles. The first-order valence-corrected chi connectivity index (χ1v) is 8.48. The Labute approximate surface area is 139 Å². The van der Waals surface area contributed by atoms with E-state index in [1.165, 1.54) is 5.56 Å². The molecular weight excluding hydrogens is 292 g/mol. The number of nitrogens with zero attached hydrogens (tertiary/aromatic N) is 2. The lowest BCUT2D eigenvalue weighted by atomic mass is 10.1. The van der Waals surface area contributed by atoms with E-state index in [1.807, 2.05) is 39.5 Å². The molecule has 1 fully saturated rings. The molecule has 0 radical (unpaired) electrons. The smallest absolute Gasteiger partial charge is 0.410 e. The van der Waals surface area contributed by atoms with Gasteiger partial charge in [0.1, 0.15) is 5.60 Å². The van der Waals surface area contributed by atoms with Crippen LogP contribution in [0.5, 0.6) is 0 Å². The summed E-state index contributed by atoms with van der Waals surface area (Å²) >= 11 is 0. The second kappa shape index (κ2) is 7.34. The predicted octanol–water partition coefficient (Wildman–Crippen LogP) is 2.91. The number of rotatable bonds is 3. The van der Waals surface area contributed by atoms with E-state index >= 15 is 0 Å². The fourth-order valence-corrected chi connectivity index (χ4v) is 2.89. The Bertz CT molecular complexity index is 514. The third kappa shape index (κ3) is 5.23. The van der Waals surface area contributed by atoms with Crippen molar-refractivity contribution in [2.45, 2.75) is 72.1 Å². The van der Waals surface area contributed by atoms with Crippen LogP contribution in [0.2, 0.25) is 0 Å². The third-order valence-electron chi connectivity index (χ3n) is 4.23. The van der Waals surface area contributed by atoms with Crippen molar-refractivity contribution >= 4 is 6.09 Å². The number of aromatic amines is 1. The lowest BCUT2D eigenvalue weighted by Gasteiger charge is -2.26. The molecule has 1 aliphatic rings. The maximum Gasteiger partial charge on any atom is 0.410 e. The molecular formula is C17H30N4O2. The van der Waals surface area contributed by atoms with E-state index in [2.05, 4.69) is 15.5 Å². The number of H-pyrrole nitrogens is 1. The highest BCUT2D eigenvalue weighted by Gasteiger charge is 2.25. The topological polar surface area (TPSA) is 70.2 Å². The molecule has 1 aromatic rings. The molecule has 130 valence electrons. The highest BCUT2D eigenvalue weighted by Crippen LogP contribution is 2.16. The second-order valence-corrected chi connectivity index (χ2v) is 7.39. The molecule has 6 heteroatoms. The van der Waals surface area contributed by atoms with E-state index in [0.717, 1.165) is 50.3 Å². The predicted molar refractivity (Wildman–Crippen MR) is 90.3 cm³/mol. The van der Waals surface area contributed by atoms with Crippen molar-refractivity contribution in [1.82, 2.24) is 20.4 Å². The Hall–Kier alpha value is -1.56. The number of amides is 1. The van der Waals surface area contributed by atoms with Gasteiger partial charge in [-0.05, 0) is 53.9 Å². The maximum atomic E-state index is 12.2. The van der Waals surface area contributed by atoms with Gasteiger partial charge in [-0.15, -0.1) is 0 Å². The SMILES string of the molecule is Cc1n[nH]c(C)c1CN[C@@H]1CCCN(C(=O)OC(C)(C)C)CC1. The molecule has 23 heavy (non-hydrogen) atoms. The zero-order chi connectivity index (χ0) is 17.0. The van der Waals surface area contributed by atoms with E-state index in [4.69, 9.17) is 4.74 Å². The second-order valence-electron chi connectivity index (χ2n) is 7.39. The number of ether oxygens (including phenoxy) is 1. The minimum absolute atomic E-state index is 0.195. The fourth-order valence-electron chi connectivity index (χ4n) is 2.89. The summed E-state index contributed by atoms with van der Waals surface area (Å²) in [5.74, 6) is 0. The minimum atomic E-state index is -0.433. The molecule has 1 amide bonds. The van der Waals surface area contributed by atoms with Gasteiger partial charge < -0.3 is 15.0 Å². The Morgan fingerprint density at radius 2 is 2.09 bits per heavy atom. The molecule has 1 aromatic heterocycles. The first-order chi connectivity index (χ1) is 10.8. The van der Waals surface area contributed by atoms with Crippen LogP contribution in [0.25, 0.3) is 0 Å². The van der Waals surface area contributed by atoms with Gasteiger partial charge in [0.05, 0.1) is 5.69 Å². The van der Waals surface area contributed by atoms with Crippen LogP contribution in [0.4, 0.5) is 4.79 Å². The van der Waals surface area contributed by atoms with E-state index in [9.17, 15) is 4.79 Å². The van der Waals surface area contributed by atoms with Crippen molar-refractivity contribution in [2.75, 3.05) is 13.1 Å². The third-order valence-corrected chi connectivity index (χ3v) is 4.23. The van der Waals surface area contributed by atoms with Gasteiger partial charge in [0, 0.05) is 36.9 Å². The van der Waals surface area contributed by atoms with E-state index in [1.54, 1.807) is 0 Å². The van der Waals surface area contributed by atoms with Crippen LogP contribution < -0.4 is 5.32 Å². The van der Waals surface area contributed by atoms with Crippen LogP contribution in [-0.4, -0.2) is 45.9 Å². The van der Waals surface area contributed by atoms with Gasteiger partial charge in [-0.1, -0.05) is 0 Å². The van der Waals surface area contributed by atoms with Crippen LogP contribution in [-0.2, 0) is 11.3 Å². The van der Waals surface area contributed by atoms with Crippen molar-refractivity contribution in [3.05, 3.63) is 17.0 Å². The van der Waals surface area contributed by atoms with Crippen LogP contribution >= 0.6 is 0 Å². The molecule has 0 unspecified atom stereocenters. The summed E-state index contributed by atoms with van der Waals surface area (Å²) in [6.07, 6.45) is 2.84. The number of hydrogen-bond acceptors (Lipinski definition) is 4. The summed E-state index contributed by atoms with van der Waals surface area (Å²) in [7, 11) is 0. The van der Waals surface area contributed by atoms with Gasteiger partial charge in [0.2, 0.25) is 0 Å². The summed E-state index contributed by atoms with van der Waals surface area (Å²) in [4.78, 5) is 14.0. The number of nitrogens with one attached hydrogen (secondary N) is 2. The normalized spacial score (nSPS) is 19.5. The average Bonchev–Trinajstić information content (AvgIpc) is 2.65. The van der Waals surface area contributed by atoms with Crippen LogP contribution in [0.1, 0.15) is 57.0 Å². The Kier molecular flexibility index (Phi) is 5.68. The van der Waals surface area contributed by atoms with Gasteiger partial charge >= 0.3 is 6.09 Å². The number of hydrogen-bond donors (Lipinski definition) is 2. The Balaban J connectivity index is 1.83. The average molecular weight is 322 g/mol. The number of likely N-dealkylation sites (tertiary alicyclic amines) is 1. The van der Waals surface area contributed by atoms with Crippen molar-refractivity contribution in [3.63, 3.8) is 0 Å². The van der Waals surface area contributed by atoms with Crippen LogP contribution in [0.3, 0.4) is 0 Å². The van der Waals surface area contributed by atoms with Crippen LogP contribution in [0.15, 0.2) is 0 Å². The summed E-state index contributed by atoms with van der Waals surface area (Å²) in [6.45, 7) is 12.1. The van der Waals surface area contributed by atoms with E-state index in [-0.39, 0.29) is 6.09 Å². The molecule has 1 atom stereocenters. The van der Waals surface area contributed by atoms with Crippen LogP contribution in [0, 0.1) is 13.8 Å².